The molecule has 2 amide bonds. The maximum atomic E-state index is 12.0. The van der Waals surface area contributed by atoms with Crippen LogP contribution in [0.3, 0.4) is 0 Å². The van der Waals surface area contributed by atoms with Crippen LogP contribution in [-0.4, -0.2) is 59.9 Å². The van der Waals surface area contributed by atoms with Crippen molar-refractivity contribution in [3.63, 3.8) is 0 Å². The molecule has 5 heteroatoms. The Labute approximate surface area is 143 Å². The average molecular weight is 327 g/mol. The molecular weight excluding hydrogens is 302 g/mol. The molecule has 3 aliphatic rings. The lowest BCUT2D eigenvalue weighted by molar-refractivity contribution is -0.153. The maximum absolute atomic E-state index is 12.0. The monoisotopic (exact) mass is 327 g/mol. The summed E-state index contributed by atoms with van der Waals surface area (Å²) in [5.41, 5.74) is 1.69. The minimum absolute atomic E-state index is 0.132. The minimum Gasteiger partial charge on any atom is -0.346 e. The molecule has 4 rings (SSSR count). The Morgan fingerprint density at radius 3 is 2.71 bits per heavy atom. The molecule has 2 aliphatic heterocycles. The van der Waals surface area contributed by atoms with Crippen molar-refractivity contribution in [3.05, 3.63) is 35.9 Å². The van der Waals surface area contributed by atoms with Crippen molar-refractivity contribution in [1.82, 2.24) is 15.1 Å². The van der Waals surface area contributed by atoms with E-state index in [1.807, 2.05) is 0 Å². The second-order valence-corrected chi connectivity index (χ2v) is 7.68. The van der Waals surface area contributed by atoms with Gasteiger partial charge in [0, 0.05) is 32.2 Å². The van der Waals surface area contributed by atoms with Crippen LogP contribution in [0.25, 0.3) is 0 Å². The van der Waals surface area contributed by atoms with Gasteiger partial charge in [-0.1, -0.05) is 37.3 Å². The number of nitrogens with zero attached hydrogens (tertiary/aromatic N) is 2. The van der Waals surface area contributed by atoms with E-state index in [9.17, 15) is 9.59 Å². The van der Waals surface area contributed by atoms with Gasteiger partial charge in [-0.2, -0.15) is 0 Å². The molecule has 1 aromatic carbocycles. The fourth-order valence-electron chi connectivity index (χ4n) is 4.69. The lowest BCUT2D eigenvalue weighted by atomic mass is 9.81. The number of rotatable bonds is 2. The highest BCUT2D eigenvalue weighted by molar-refractivity contribution is 6.35. The van der Waals surface area contributed by atoms with Crippen molar-refractivity contribution in [2.24, 2.45) is 0 Å². The second kappa shape index (κ2) is 5.88. The van der Waals surface area contributed by atoms with Crippen LogP contribution in [0.5, 0.6) is 0 Å². The Hall–Kier alpha value is -1.88. The molecule has 1 aromatic rings. The highest BCUT2D eigenvalue weighted by atomic mass is 16.2. The predicted molar refractivity (Wildman–Crippen MR) is 91.5 cm³/mol. The van der Waals surface area contributed by atoms with Crippen molar-refractivity contribution in [3.8, 4) is 0 Å². The lowest BCUT2D eigenvalue weighted by Crippen LogP contribution is -2.66. The summed E-state index contributed by atoms with van der Waals surface area (Å²) in [5, 5.41) is 2.73. The summed E-state index contributed by atoms with van der Waals surface area (Å²) in [6.45, 7) is 5.40. The topological polar surface area (TPSA) is 52.7 Å². The Bertz CT molecular complexity index is 647. The van der Waals surface area contributed by atoms with Gasteiger partial charge in [0.25, 0.3) is 0 Å². The zero-order valence-electron chi connectivity index (χ0n) is 14.2. The van der Waals surface area contributed by atoms with Crippen LogP contribution in [0.1, 0.15) is 31.7 Å². The van der Waals surface area contributed by atoms with Gasteiger partial charge in [0.05, 0.1) is 6.04 Å². The smallest absolute Gasteiger partial charge is 0.312 e. The van der Waals surface area contributed by atoms with Crippen molar-refractivity contribution in [1.29, 1.82) is 0 Å². The SMILES string of the molecule is CC1(c2ccccc2)CCC(N2CCN3C(=O)C(=O)NCC3C2)C1. The van der Waals surface area contributed by atoms with Crippen LogP contribution < -0.4 is 5.32 Å². The number of carbonyl (C=O) groups excluding carboxylic acids is 2. The summed E-state index contributed by atoms with van der Waals surface area (Å²) in [6, 6.07) is 11.5. The molecular formula is C19H25N3O2. The van der Waals surface area contributed by atoms with Gasteiger partial charge in [0.2, 0.25) is 0 Å². The number of hydrogen-bond acceptors (Lipinski definition) is 3. The molecule has 3 atom stereocenters. The molecule has 2 heterocycles. The molecule has 0 bridgehead atoms. The standard InChI is InChI=1S/C19H25N3O2/c1-19(14-5-3-2-4-6-14)8-7-15(11-19)21-9-10-22-16(13-21)12-20-17(23)18(22)24/h2-6,15-16H,7-13H2,1H3,(H,20,23). The molecule has 1 N–H and O–H groups in total. The van der Waals surface area contributed by atoms with Crippen molar-refractivity contribution in [2.75, 3.05) is 26.2 Å². The third-order valence-corrected chi connectivity index (χ3v) is 6.17. The van der Waals surface area contributed by atoms with Gasteiger partial charge < -0.3 is 10.2 Å². The minimum atomic E-state index is -0.447. The largest absolute Gasteiger partial charge is 0.346 e. The number of piperazine rings is 2. The van der Waals surface area contributed by atoms with Gasteiger partial charge in [0.1, 0.15) is 0 Å². The van der Waals surface area contributed by atoms with Crippen LogP contribution in [-0.2, 0) is 15.0 Å². The van der Waals surface area contributed by atoms with E-state index in [1.54, 1.807) is 4.90 Å². The summed E-state index contributed by atoms with van der Waals surface area (Å²) >= 11 is 0. The van der Waals surface area contributed by atoms with E-state index >= 15 is 0 Å². The van der Waals surface area contributed by atoms with Crippen LogP contribution in [0.15, 0.2) is 30.3 Å². The predicted octanol–water partition coefficient (Wildman–Crippen LogP) is 1.14. The number of hydrogen-bond donors (Lipinski definition) is 1. The fourth-order valence-corrected chi connectivity index (χ4v) is 4.69. The first kappa shape index (κ1) is 15.6. The normalized spacial score (nSPS) is 34.1. The van der Waals surface area contributed by atoms with Gasteiger partial charge in [-0.3, -0.25) is 14.5 Å². The maximum Gasteiger partial charge on any atom is 0.312 e. The fraction of sp³-hybridized carbons (Fsp3) is 0.579. The Balaban J connectivity index is 1.43. The molecule has 2 saturated heterocycles. The summed E-state index contributed by atoms with van der Waals surface area (Å²) < 4.78 is 0. The van der Waals surface area contributed by atoms with Gasteiger partial charge in [-0.05, 0) is 30.2 Å². The van der Waals surface area contributed by atoms with Crippen LogP contribution in [0.4, 0.5) is 0 Å². The Kier molecular flexibility index (Phi) is 3.83. The van der Waals surface area contributed by atoms with Crippen LogP contribution in [0.2, 0.25) is 0 Å². The molecule has 0 aromatic heterocycles. The zero-order valence-corrected chi connectivity index (χ0v) is 14.2. The molecule has 1 aliphatic carbocycles. The number of amides is 2. The van der Waals surface area contributed by atoms with E-state index in [1.165, 1.54) is 24.8 Å². The number of fused-ring (bicyclic) bond motifs is 1. The van der Waals surface area contributed by atoms with E-state index in [2.05, 4.69) is 47.5 Å². The molecule has 24 heavy (non-hydrogen) atoms. The summed E-state index contributed by atoms with van der Waals surface area (Å²) in [6.07, 6.45) is 3.59. The number of benzene rings is 1. The third-order valence-electron chi connectivity index (χ3n) is 6.17. The summed E-state index contributed by atoms with van der Waals surface area (Å²) in [5.74, 6) is -0.802. The molecule has 3 unspecified atom stereocenters. The first-order valence-electron chi connectivity index (χ1n) is 8.95. The van der Waals surface area contributed by atoms with Gasteiger partial charge >= 0.3 is 11.8 Å². The van der Waals surface area contributed by atoms with Crippen molar-refractivity contribution >= 4 is 11.8 Å². The van der Waals surface area contributed by atoms with E-state index in [0.717, 1.165) is 13.1 Å². The third kappa shape index (κ3) is 2.61. The van der Waals surface area contributed by atoms with E-state index < -0.39 is 5.91 Å². The first-order valence-corrected chi connectivity index (χ1v) is 8.95. The number of carbonyl (C=O) groups is 2. The molecule has 0 radical (unpaired) electrons. The molecule has 5 nitrogen and oxygen atoms in total. The summed E-state index contributed by atoms with van der Waals surface area (Å²) in [7, 11) is 0. The van der Waals surface area contributed by atoms with Crippen molar-refractivity contribution < 1.29 is 9.59 Å². The zero-order chi connectivity index (χ0) is 16.7. The van der Waals surface area contributed by atoms with E-state index in [4.69, 9.17) is 0 Å². The number of nitrogens with one attached hydrogen (secondary N) is 1. The highest BCUT2D eigenvalue weighted by Gasteiger charge is 2.43. The second-order valence-electron chi connectivity index (χ2n) is 7.68. The van der Waals surface area contributed by atoms with Gasteiger partial charge in [-0.15, -0.1) is 0 Å². The lowest BCUT2D eigenvalue weighted by Gasteiger charge is -2.45. The van der Waals surface area contributed by atoms with Crippen LogP contribution in [0, 0.1) is 0 Å². The molecule has 1 saturated carbocycles. The van der Waals surface area contributed by atoms with Crippen LogP contribution >= 0.6 is 0 Å². The van der Waals surface area contributed by atoms with Gasteiger partial charge in [0.15, 0.2) is 0 Å². The van der Waals surface area contributed by atoms with Crippen molar-refractivity contribution in [2.45, 2.75) is 43.7 Å². The average Bonchev–Trinajstić information content (AvgIpc) is 3.02. The van der Waals surface area contributed by atoms with Gasteiger partial charge in [-0.25, -0.2) is 0 Å². The Morgan fingerprint density at radius 2 is 1.92 bits per heavy atom. The summed E-state index contributed by atoms with van der Waals surface area (Å²) in [4.78, 5) is 27.8. The molecule has 128 valence electrons. The highest BCUT2D eigenvalue weighted by Crippen LogP contribution is 2.42. The Morgan fingerprint density at radius 1 is 1.12 bits per heavy atom. The molecule has 0 spiro atoms. The molecule has 3 fully saturated rings. The van der Waals surface area contributed by atoms with E-state index in [0.29, 0.717) is 19.1 Å². The van der Waals surface area contributed by atoms with E-state index in [-0.39, 0.29) is 17.4 Å². The first-order chi connectivity index (χ1) is 11.6. The quantitative estimate of drug-likeness (QED) is 0.829.